The van der Waals surface area contributed by atoms with Crippen molar-refractivity contribution in [2.45, 2.75) is 38.2 Å². The molecule has 0 aromatic heterocycles. The van der Waals surface area contributed by atoms with E-state index >= 15 is 0 Å². The molecule has 0 amide bonds. The molecule has 0 saturated heterocycles. The van der Waals surface area contributed by atoms with Gasteiger partial charge < -0.3 is 10.2 Å². The van der Waals surface area contributed by atoms with E-state index in [4.69, 9.17) is 5.11 Å². The molecule has 0 bridgehead atoms. The molecular formula is C13H16O3. The van der Waals surface area contributed by atoms with E-state index in [9.17, 15) is 9.90 Å². The maximum Gasteiger partial charge on any atom is 0.306 e. The first-order valence-electron chi connectivity index (χ1n) is 5.52. The Labute approximate surface area is 94.7 Å². The topological polar surface area (TPSA) is 57.5 Å². The van der Waals surface area contributed by atoms with Crippen molar-refractivity contribution in [1.82, 2.24) is 0 Å². The van der Waals surface area contributed by atoms with E-state index in [0.717, 1.165) is 17.5 Å². The molecule has 3 nitrogen and oxygen atoms in total. The molecule has 2 N–H and O–H groups in total. The lowest BCUT2D eigenvalue weighted by Crippen LogP contribution is -2.38. The summed E-state index contributed by atoms with van der Waals surface area (Å²) in [6.07, 6.45) is 1.60. The van der Waals surface area contributed by atoms with Crippen LogP contribution in [0.1, 0.15) is 29.5 Å². The van der Waals surface area contributed by atoms with E-state index < -0.39 is 11.6 Å². The second-order valence-electron chi connectivity index (χ2n) is 4.68. The molecule has 1 aliphatic rings. The third-order valence-electron chi connectivity index (χ3n) is 3.35. The average molecular weight is 220 g/mol. The van der Waals surface area contributed by atoms with E-state index in [1.165, 1.54) is 5.56 Å². The Morgan fingerprint density at radius 1 is 1.50 bits per heavy atom. The van der Waals surface area contributed by atoms with Crippen molar-refractivity contribution in [2.75, 3.05) is 0 Å². The maximum atomic E-state index is 10.7. The fraction of sp³-hybridized carbons (Fsp3) is 0.462. The smallest absolute Gasteiger partial charge is 0.306 e. The first kappa shape index (κ1) is 11.1. The summed E-state index contributed by atoms with van der Waals surface area (Å²) in [4.78, 5) is 10.7. The number of hydrogen-bond donors (Lipinski definition) is 2. The number of aryl methyl sites for hydroxylation is 2. The summed E-state index contributed by atoms with van der Waals surface area (Å²) in [5.41, 5.74) is 2.44. The predicted octanol–water partition coefficient (Wildman–Crippen LogP) is 1.69. The Morgan fingerprint density at radius 3 is 2.94 bits per heavy atom. The van der Waals surface area contributed by atoms with Crippen LogP contribution in [-0.2, 0) is 17.6 Å². The number of rotatable bonds is 2. The molecule has 2 rings (SSSR count). The molecule has 0 heterocycles. The zero-order valence-corrected chi connectivity index (χ0v) is 9.36. The van der Waals surface area contributed by atoms with Crippen LogP contribution in [0, 0.1) is 6.92 Å². The van der Waals surface area contributed by atoms with Crippen molar-refractivity contribution in [1.29, 1.82) is 0 Å². The van der Waals surface area contributed by atoms with Crippen LogP contribution in [0.3, 0.4) is 0 Å². The highest BCUT2D eigenvalue weighted by atomic mass is 16.4. The maximum absolute atomic E-state index is 10.7. The summed E-state index contributed by atoms with van der Waals surface area (Å²) in [5.74, 6) is -0.931. The van der Waals surface area contributed by atoms with Gasteiger partial charge in [0.2, 0.25) is 0 Å². The molecule has 0 radical (unpaired) electrons. The zero-order chi connectivity index (χ0) is 11.8. The summed E-state index contributed by atoms with van der Waals surface area (Å²) >= 11 is 0. The van der Waals surface area contributed by atoms with Crippen molar-refractivity contribution >= 4 is 5.97 Å². The largest absolute Gasteiger partial charge is 0.481 e. The number of fused-ring (bicyclic) bond motifs is 1. The molecule has 1 aromatic carbocycles. The molecular weight excluding hydrogens is 204 g/mol. The molecule has 1 unspecified atom stereocenters. The highest BCUT2D eigenvalue weighted by Crippen LogP contribution is 2.32. The number of aliphatic carboxylic acids is 1. The number of benzene rings is 1. The van der Waals surface area contributed by atoms with Crippen LogP contribution in [0.15, 0.2) is 18.2 Å². The number of aliphatic hydroxyl groups is 1. The summed E-state index contributed by atoms with van der Waals surface area (Å²) in [5, 5.41) is 19.0. The van der Waals surface area contributed by atoms with Gasteiger partial charge in [0.25, 0.3) is 0 Å². The van der Waals surface area contributed by atoms with Crippen LogP contribution in [0.5, 0.6) is 0 Å². The van der Waals surface area contributed by atoms with Crippen molar-refractivity contribution in [3.63, 3.8) is 0 Å². The second-order valence-corrected chi connectivity index (χ2v) is 4.68. The van der Waals surface area contributed by atoms with Gasteiger partial charge in [0.05, 0.1) is 12.0 Å². The average Bonchev–Trinajstić information content (AvgIpc) is 2.18. The van der Waals surface area contributed by atoms with Gasteiger partial charge in [0.15, 0.2) is 0 Å². The molecule has 86 valence electrons. The SMILES string of the molecule is Cc1cccc2c1CC(O)(CC(=O)O)CC2. The van der Waals surface area contributed by atoms with Gasteiger partial charge in [-0.3, -0.25) is 4.79 Å². The molecule has 16 heavy (non-hydrogen) atoms. The van der Waals surface area contributed by atoms with Crippen LogP contribution in [0.25, 0.3) is 0 Å². The summed E-state index contributed by atoms with van der Waals surface area (Å²) in [6.45, 7) is 2.01. The van der Waals surface area contributed by atoms with Gasteiger partial charge in [-0.15, -0.1) is 0 Å². The number of carboxylic acids is 1. The summed E-state index contributed by atoms with van der Waals surface area (Å²) < 4.78 is 0. The van der Waals surface area contributed by atoms with E-state index in [-0.39, 0.29) is 6.42 Å². The molecule has 1 atom stereocenters. The van der Waals surface area contributed by atoms with E-state index in [1.54, 1.807) is 0 Å². The van der Waals surface area contributed by atoms with Gasteiger partial charge in [-0.25, -0.2) is 0 Å². The van der Waals surface area contributed by atoms with E-state index in [2.05, 4.69) is 6.07 Å². The lowest BCUT2D eigenvalue weighted by molar-refractivity contribution is -0.143. The Bertz CT molecular complexity index is 425. The molecule has 3 heteroatoms. The first-order chi connectivity index (χ1) is 7.50. The zero-order valence-electron chi connectivity index (χ0n) is 9.36. The minimum Gasteiger partial charge on any atom is -0.481 e. The Kier molecular flexibility index (Phi) is 2.72. The Hall–Kier alpha value is -1.35. The van der Waals surface area contributed by atoms with Gasteiger partial charge in [0, 0.05) is 6.42 Å². The Balaban J connectivity index is 2.29. The fourth-order valence-corrected chi connectivity index (χ4v) is 2.47. The van der Waals surface area contributed by atoms with Crippen molar-refractivity contribution in [3.8, 4) is 0 Å². The van der Waals surface area contributed by atoms with Crippen LogP contribution >= 0.6 is 0 Å². The first-order valence-corrected chi connectivity index (χ1v) is 5.52. The monoisotopic (exact) mass is 220 g/mol. The number of hydrogen-bond acceptors (Lipinski definition) is 2. The summed E-state index contributed by atoms with van der Waals surface area (Å²) in [7, 11) is 0. The van der Waals surface area contributed by atoms with Gasteiger partial charge >= 0.3 is 5.97 Å². The highest BCUT2D eigenvalue weighted by molar-refractivity contribution is 5.68. The van der Waals surface area contributed by atoms with Crippen molar-refractivity contribution in [2.24, 2.45) is 0 Å². The number of carbonyl (C=O) groups is 1. The van der Waals surface area contributed by atoms with E-state index in [1.807, 2.05) is 19.1 Å². The molecule has 0 fully saturated rings. The van der Waals surface area contributed by atoms with Gasteiger partial charge in [-0.1, -0.05) is 18.2 Å². The molecule has 1 aliphatic carbocycles. The van der Waals surface area contributed by atoms with Crippen LogP contribution in [0.2, 0.25) is 0 Å². The predicted molar refractivity (Wildman–Crippen MR) is 60.4 cm³/mol. The lowest BCUT2D eigenvalue weighted by Gasteiger charge is -2.33. The minimum absolute atomic E-state index is 0.166. The van der Waals surface area contributed by atoms with Crippen LogP contribution < -0.4 is 0 Å². The van der Waals surface area contributed by atoms with Crippen molar-refractivity contribution in [3.05, 3.63) is 34.9 Å². The number of carboxylic acid groups (broad SMARTS) is 1. The third-order valence-corrected chi connectivity index (χ3v) is 3.35. The second kappa shape index (κ2) is 3.91. The third kappa shape index (κ3) is 2.09. The van der Waals surface area contributed by atoms with Crippen molar-refractivity contribution < 1.29 is 15.0 Å². The normalized spacial score (nSPS) is 23.9. The lowest BCUT2D eigenvalue weighted by atomic mass is 9.77. The molecule has 0 saturated carbocycles. The molecule has 0 spiro atoms. The Morgan fingerprint density at radius 2 is 2.25 bits per heavy atom. The van der Waals surface area contributed by atoms with Crippen LogP contribution in [-0.4, -0.2) is 21.8 Å². The quantitative estimate of drug-likeness (QED) is 0.797. The molecule has 1 aromatic rings. The molecule has 0 aliphatic heterocycles. The summed E-state index contributed by atoms with van der Waals surface area (Å²) in [6, 6.07) is 6.07. The van der Waals surface area contributed by atoms with Crippen LogP contribution in [0.4, 0.5) is 0 Å². The standard InChI is InChI=1S/C13H16O3/c1-9-3-2-4-10-5-6-13(16,7-11(9)10)8-12(14)15/h2-4,16H,5-8H2,1H3,(H,14,15). The highest BCUT2D eigenvalue weighted by Gasteiger charge is 2.34. The van der Waals surface area contributed by atoms with Gasteiger partial charge in [-0.05, 0) is 36.5 Å². The van der Waals surface area contributed by atoms with Gasteiger partial charge in [-0.2, -0.15) is 0 Å². The van der Waals surface area contributed by atoms with Gasteiger partial charge in [0.1, 0.15) is 0 Å². The van der Waals surface area contributed by atoms with E-state index in [0.29, 0.717) is 12.8 Å². The minimum atomic E-state index is -1.06. The fourth-order valence-electron chi connectivity index (χ4n) is 2.47.